The van der Waals surface area contributed by atoms with E-state index in [1.54, 1.807) is 0 Å². The first kappa shape index (κ1) is 20.9. The van der Waals surface area contributed by atoms with Crippen LogP contribution in [0.4, 0.5) is 17.6 Å². The third-order valence-electron chi connectivity index (χ3n) is 3.47. The van der Waals surface area contributed by atoms with Crippen LogP contribution in [0.25, 0.3) is 0 Å². The summed E-state index contributed by atoms with van der Waals surface area (Å²) in [5, 5.41) is 16.7. The third-order valence-corrected chi connectivity index (χ3v) is 3.47. The highest BCUT2D eigenvalue weighted by Crippen LogP contribution is 2.32. The van der Waals surface area contributed by atoms with Gasteiger partial charge in [-0.15, -0.1) is 0 Å². The van der Waals surface area contributed by atoms with Gasteiger partial charge < -0.3 is 14.4 Å². The number of aliphatic carboxylic acids is 1. The van der Waals surface area contributed by atoms with E-state index in [1.807, 2.05) is 0 Å². The summed E-state index contributed by atoms with van der Waals surface area (Å²) in [6.45, 7) is 14.2. The Labute approximate surface area is 116 Å². The molecule has 0 heterocycles. The van der Waals surface area contributed by atoms with Gasteiger partial charge in [-0.3, -0.25) is 0 Å². The molecule has 0 aliphatic heterocycles. The van der Waals surface area contributed by atoms with Crippen LogP contribution in [0.3, 0.4) is 0 Å². The minimum absolute atomic E-state index is 0.141. The molecule has 0 aromatic heterocycles. The Balaban J connectivity index is 0. The van der Waals surface area contributed by atoms with E-state index in [1.165, 1.54) is 30.7 Å². The summed E-state index contributed by atoms with van der Waals surface area (Å²) in [6, 6.07) is -0.141. The highest BCUT2D eigenvalue weighted by Gasteiger charge is 2.58. The fraction of sp³-hybridized carbons (Fsp3) is 0.833. The van der Waals surface area contributed by atoms with Crippen molar-refractivity contribution < 1.29 is 31.9 Å². The number of halogens is 4. The number of alkyl halides is 4. The molecule has 0 radical (unpaired) electrons. The zero-order chi connectivity index (χ0) is 16.6. The van der Waals surface area contributed by atoms with Crippen molar-refractivity contribution in [3.8, 4) is 6.07 Å². The van der Waals surface area contributed by atoms with Gasteiger partial charge in [0.15, 0.2) is 0 Å². The van der Waals surface area contributed by atoms with Crippen LogP contribution in [-0.4, -0.2) is 48.5 Å². The molecule has 0 saturated heterocycles. The summed E-state index contributed by atoms with van der Waals surface area (Å²) in [6.07, 6.45) is 0. The van der Waals surface area contributed by atoms with E-state index in [9.17, 15) is 27.5 Å². The molecule has 118 valence electrons. The Morgan fingerprint density at radius 3 is 1.40 bits per heavy atom. The Bertz CT molecular complexity index is 332. The van der Waals surface area contributed by atoms with E-state index in [2.05, 4.69) is 27.7 Å². The van der Waals surface area contributed by atoms with Crippen molar-refractivity contribution >= 4 is 5.97 Å². The number of carbonyl (C=O) groups is 1. The van der Waals surface area contributed by atoms with Crippen molar-refractivity contribution in [2.45, 2.75) is 39.5 Å². The van der Waals surface area contributed by atoms with Crippen molar-refractivity contribution in [2.75, 3.05) is 26.2 Å². The van der Waals surface area contributed by atoms with E-state index in [0.717, 1.165) is 0 Å². The number of nitrogens with zero attached hydrogens (tertiary/aromatic N) is 2. The fourth-order valence-corrected chi connectivity index (χ4v) is 1.54. The van der Waals surface area contributed by atoms with Crippen LogP contribution < -0.4 is 5.11 Å². The summed E-state index contributed by atoms with van der Waals surface area (Å²) in [5.74, 6) is -13.9. The molecule has 0 N–H and O–H groups in total. The lowest BCUT2D eigenvalue weighted by molar-refractivity contribution is -0.921. The molecule has 4 nitrogen and oxygen atoms in total. The van der Waals surface area contributed by atoms with E-state index < -0.39 is 17.8 Å². The van der Waals surface area contributed by atoms with Gasteiger partial charge in [-0.05, 0) is 27.7 Å². The number of carboxylic acids is 1. The second kappa shape index (κ2) is 8.04. The molecule has 0 aliphatic rings. The molecule has 20 heavy (non-hydrogen) atoms. The van der Waals surface area contributed by atoms with Gasteiger partial charge >= 0.3 is 11.8 Å². The van der Waals surface area contributed by atoms with Gasteiger partial charge in [-0.2, -0.15) is 22.8 Å². The number of carbonyl (C=O) groups excluding carboxylic acids is 1. The first-order valence-electron chi connectivity index (χ1n) is 6.23. The minimum Gasteiger partial charge on any atom is -0.544 e. The lowest BCUT2D eigenvalue weighted by Gasteiger charge is -2.34. The standard InChI is InChI=1S/C8H20N.C4HF4NO2/c1-5-9(6-2,7-3)8-4;5-3(6,1-9)4(7,8)2(10)11/h5-8H2,1-4H3;(H,10,11)/q+1;/p-1. The zero-order valence-electron chi connectivity index (χ0n) is 12.1. The first-order chi connectivity index (χ1) is 9.00. The number of rotatable bonds is 6. The van der Waals surface area contributed by atoms with Crippen molar-refractivity contribution in [1.82, 2.24) is 0 Å². The minimum atomic E-state index is -5.44. The molecule has 0 aromatic carbocycles. The van der Waals surface area contributed by atoms with Gasteiger partial charge in [0.1, 0.15) is 12.0 Å². The van der Waals surface area contributed by atoms with Gasteiger partial charge in [0.2, 0.25) is 0 Å². The van der Waals surface area contributed by atoms with E-state index >= 15 is 0 Å². The molecule has 0 rings (SSSR count). The van der Waals surface area contributed by atoms with Gasteiger partial charge in [0, 0.05) is 0 Å². The normalized spacial score (nSPS) is 12.2. The van der Waals surface area contributed by atoms with Crippen LogP contribution >= 0.6 is 0 Å². The van der Waals surface area contributed by atoms with Crippen LogP contribution in [0.2, 0.25) is 0 Å². The van der Waals surface area contributed by atoms with Crippen molar-refractivity contribution in [3.63, 3.8) is 0 Å². The van der Waals surface area contributed by atoms with Crippen molar-refractivity contribution in [2.24, 2.45) is 0 Å². The van der Waals surface area contributed by atoms with E-state index in [-0.39, 0.29) is 6.07 Å². The van der Waals surface area contributed by atoms with Crippen LogP contribution in [-0.2, 0) is 4.79 Å². The van der Waals surface area contributed by atoms with Gasteiger partial charge in [-0.25, -0.2) is 0 Å². The molecule has 0 saturated carbocycles. The van der Waals surface area contributed by atoms with Crippen LogP contribution in [0.15, 0.2) is 0 Å². The highest BCUT2D eigenvalue weighted by atomic mass is 19.3. The summed E-state index contributed by atoms with van der Waals surface area (Å²) in [7, 11) is 0. The van der Waals surface area contributed by atoms with Crippen molar-refractivity contribution in [1.29, 1.82) is 5.26 Å². The maximum absolute atomic E-state index is 11.7. The molecule has 0 fully saturated rings. The van der Waals surface area contributed by atoms with Crippen LogP contribution in [0, 0.1) is 11.3 Å². The largest absolute Gasteiger partial charge is 0.544 e. The van der Waals surface area contributed by atoms with Gasteiger partial charge in [0.25, 0.3) is 0 Å². The predicted molar refractivity (Wildman–Crippen MR) is 62.9 cm³/mol. The lowest BCUT2D eigenvalue weighted by atomic mass is 10.2. The van der Waals surface area contributed by atoms with Crippen molar-refractivity contribution in [3.05, 3.63) is 0 Å². The Hall–Kier alpha value is -1.36. The quantitative estimate of drug-likeness (QED) is 0.550. The molecule has 0 bridgehead atoms. The predicted octanol–water partition coefficient (Wildman–Crippen LogP) is 1.41. The summed E-state index contributed by atoms with van der Waals surface area (Å²) in [4.78, 5) is 9.33. The molecule has 0 unspecified atom stereocenters. The Morgan fingerprint density at radius 1 is 1.05 bits per heavy atom. The van der Waals surface area contributed by atoms with Crippen LogP contribution in [0.1, 0.15) is 27.7 Å². The Morgan fingerprint density at radius 2 is 1.35 bits per heavy atom. The molecule has 8 heteroatoms. The first-order valence-corrected chi connectivity index (χ1v) is 6.23. The summed E-state index contributed by atoms with van der Waals surface area (Å²) < 4.78 is 48.0. The maximum Gasteiger partial charge on any atom is 0.399 e. The lowest BCUT2D eigenvalue weighted by Crippen LogP contribution is -2.53. The second-order valence-electron chi connectivity index (χ2n) is 4.15. The number of hydrogen-bond acceptors (Lipinski definition) is 3. The topological polar surface area (TPSA) is 63.9 Å². The smallest absolute Gasteiger partial charge is 0.399 e. The zero-order valence-corrected chi connectivity index (χ0v) is 12.1. The number of quaternary nitrogens is 1. The summed E-state index contributed by atoms with van der Waals surface area (Å²) in [5.41, 5.74) is 0. The van der Waals surface area contributed by atoms with E-state index in [4.69, 9.17) is 5.26 Å². The number of carboxylic acid groups (broad SMARTS) is 1. The highest BCUT2D eigenvalue weighted by molar-refractivity contribution is 5.75. The summed E-state index contributed by atoms with van der Waals surface area (Å²) >= 11 is 0. The monoisotopic (exact) mass is 300 g/mol. The molecule has 0 aliphatic carbocycles. The average molecular weight is 300 g/mol. The molecular weight excluding hydrogens is 280 g/mol. The Kier molecular flexibility index (Phi) is 8.43. The number of hydrogen-bond donors (Lipinski definition) is 0. The molecule has 0 spiro atoms. The third kappa shape index (κ3) is 4.96. The molecule has 0 amide bonds. The second-order valence-corrected chi connectivity index (χ2v) is 4.15. The van der Waals surface area contributed by atoms with Gasteiger partial charge in [-0.1, -0.05) is 0 Å². The van der Waals surface area contributed by atoms with Crippen LogP contribution in [0.5, 0.6) is 0 Å². The molecular formula is C12H20F4N2O2. The van der Waals surface area contributed by atoms with E-state index in [0.29, 0.717) is 0 Å². The fourth-order valence-electron chi connectivity index (χ4n) is 1.54. The number of nitriles is 1. The average Bonchev–Trinajstić information content (AvgIpc) is 2.42. The molecule has 0 atom stereocenters. The maximum atomic E-state index is 11.7. The molecule has 0 aromatic rings. The SMILES string of the molecule is CC[N+](CC)(CC)CC.N#CC(F)(F)C(F)(F)C(=O)[O-]. The van der Waals surface area contributed by atoms with Gasteiger partial charge in [0.05, 0.1) is 26.2 Å².